The molecule has 3 heterocycles. The molecule has 0 fully saturated rings. The summed E-state index contributed by atoms with van der Waals surface area (Å²) < 4.78 is 0. The minimum absolute atomic E-state index is 0.293. The molecule has 6 N–H and O–H groups in total. The van der Waals surface area contributed by atoms with E-state index in [9.17, 15) is 0 Å². The highest BCUT2D eigenvalue weighted by Crippen LogP contribution is 2.23. The van der Waals surface area contributed by atoms with E-state index in [0.717, 1.165) is 34.4 Å². The molecule has 0 atom stereocenters. The van der Waals surface area contributed by atoms with Crippen molar-refractivity contribution in [2.75, 3.05) is 18.9 Å². The van der Waals surface area contributed by atoms with E-state index in [4.69, 9.17) is 11.5 Å². The zero-order chi connectivity index (χ0) is 18.7. The predicted octanol–water partition coefficient (Wildman–Crippen LogP) is 2.13. The summed E-state index contributed by atoms with van der Waals surface area (Å²) in [5.74, 6) is 1.45. The van der Waals surface area contributed by atoms with Gasteiger partial charge in [0.05, 0.1) is 16.7 Å². The maximum absolute atomic E-state index is 6.09. The Bertz CT molecular complexity index is 896. The van der Waals surface area contributed by atoms with Gasteiger partial charge in [0.1, 0.15) is 11.6 Å². The van der Waals surface area contributed by atoms with E-state index in [1.54, 1.807) is 6.20 Å². The number of rotatable bonds is 5. The molecule has 2 aromatic rings. The zero-order valence-corrected chi connectivity index (χ0v) is 15.3. The summed E-state index contributed by atoms with van der Waals surface area (Å²) in [5, 5.41) is 5.10. The van der Waals surface area contributed by atoms with Gasteiger partial charge < -0.3 is 21.8 Å². The molecule has 0 aromatic carbocycles. The number of allylic oxidation sites excluding steroid dienone is 2. The Hall–Kier alpha value is -3.06. The van der Waals surface area contributed by atoms with Crippen molar-refractivity contribution < 1.29 is 0 Å². The maximum atomic E-state index is 6.09. The van der Waals surface area contributed by atoms with Gasteiger partial charge in [0.25, 0.3) is 0 Å². The zero-order valence-electron chi connectivity index (χ0n) is 15.3. The quantitative estimate of drug-likeness (QED) is 0.612. The topological polar surface area (TPSA) is 105 Å². The summed E-state index contributed by atoms with van der Waals surface area (Å²) in [6.45, 7) is 4.94. The van der Waals surface area contributed by atoms with Crippen LogP contribution in [-0.2, 0) is 0 Å². The van der Waals surface area contributed by atoms with Gasteiger partial charge in [-0.1, -0.05) is 13.8 Å². The number of fused-ring (bicyclic) bond motifs is 1. The van der Waals surface area contributed by atoms with Gasteiger partial charge in [0.15, 0.2) is 0 Å². The Kier molecular flexibility index (Phi) is 5.09. The molecule has 0 saturated heterocycles. The van der Waals surface area contributed by atoms with Crippen molar-refractivity contribution in [2.24, 2.45) is 17.4 Å². The van der Waals surface area contributed by atoms with Crippen LogP contribution in [0.1, 0.15) is 19.4 Å². The maximum Gasteiger partial charge on any atom is 0.132 e. The van der Waals surface area contributed by atoms with Gasteiger partial charge in [0.2, 0.25) is 0 Å². The molecule has 1 aliphatic rings. The van der Waals surface area contributed by atoms with Crippen molar-refractivity contribution in [3.05, 3.63) is 59.7 Å². The van der Waals surface area contributed by atoms with Crippen LogP contribution in [0.2, 0.25) is 0 Å². The minimum Gasteiger partial charge on any atom is -0.404 e. The highest BCUT2D eigenvalue weighted by atomic mass is 15.5. The van der Waals surface area contributed by atoms with Gasteiger partial charge in [0, 0.05) is 25.4 Å². The number of hydrogen-bond donors (Lipinski definition) is 4. The third-order valence-corrected chi connectivity index (χ3v) is 4.27. The number of hydrazine groups is 1. The molecule has 7 nitrogen and oxygen atoms in total. The predicted molar refractivity (Wildman–Crippen MR) is 106 cm³/mol. The Morgan fingerprint density at radius 3 is 2.81 bits per heavy atom. The van der Waals surface area contributed by atoms with Gasteiger partial charge in [-0.15, -0.1) is 0 Å². The molecule has 1 aliphatic heterocycles. The number of hydrogen-bond acceptors (Lipinski definition) is 7. The second-order valence-electron chi connectivity index (χ2n) is 6.52. The number of pyridine rings is 2. The Morgan fingerprint density at radius 2 is 2.15 bits per heavy atom. The fourth-order valence-corrected chi connectivity index (χ4v) is 2.80. The number of nitrogens with zero attached hydrogens (tertiary/aromatic N) is 3. The van der Waals surface area contributed by atoms with E-state index in [1.165, 1.54) is 0 Å². The van der Waals surface area contributed by atoms with E-state index in [-0.39, 0.29) is 0 Å². The Labute approximate surface area is 153 Å². The molecule has 0 radical (unpaired) electrons. The van der Waals surface area contributed by atoms with E-state index in [2.05, 4.69) is 40.6 Å². The molecule has 0 aliphatic carbocycles. The molecule has 0 bridgehead atoms. The first-order valence-electron chi connectivity index (χ1n) is 8.58. The second kappa shape index (κ2) is 7.45. The molecule has 0 spiro atoms. The molecule has 26 heavy (non-hydrogen) atoms. The first kappa shape index (κ1) is 17.8. The lowest BCUT2D eigenvalue weighted by Crippen LogP contribution is -2.26. The van der Waals surface area contributed by atoms with Crippen LogP contribution in [0.25, 0.3) is 16.7 Å². The van der Waals surface area contributed by atoms with Gasteiger partial charge >= 0.3 is 0 Å². The van der Waals surface area contributed by atoms with E-state index in [1.807, 2.05) is 42.5 Å². The molecule has 0 amide bonds. The molecule has 0 saturated carbocycles. The Morgan fingerprint density at radius 1 is 1.35 bits per heavy atom. The standard InChI is InChI=1S/C19H25N7/c1-12(2)13(10-20)9-18(21)25-19-5-4-15-16(24-19)8-14(11-22-15)17-6-7-23-26(17)3/h4-6,8-12,23H,7,20-21H2,1-3H3,(H,24,25)/b13-10+,18-9+. The van der Waals surface area contributed by atoms with Gasteiger partial charge in [-0.3, -0.25) is 4.98 Å². The highest BCUT2D eigenvalue weighted by molar-refractivity contribution is 5.80. The number of aromatic nitrogens is 2. The summed E-state index contributed by atoms with van der Waals surface area (Å²) in [7, 11) is 1.98. The molecule has 0 unspecified atom stereocenters. The molecule has 7 heteroatoms. The van der Waals surface area contributed by atoms with E-state index in [0.29, 0.717) is 17.6 Å². The van der Waals surface area contributed by atoms with Crippen LogP contribution in [0.3, 0.4) is 0 Å². The third-order valence-electron chi connectivity index (χ3n) is 4.27. The normalized spacial score (nSPS) is 15.7. The monoisotopic (exact) mass is 351 g/mol. The summed E-state index contributed by atoms with van der Waals surface area (Å²) in [6.07, 6.45) is 7.39. The van der Waals surface area contributed by atoms with E-state index < -0.39 is 0 Å². The summed E-state index contributed by atoms with van der Waals surface area (Å²) in [5.41, 5.74) is 19.7. The summed E-state index contributed by atoms with van der Waals surface area (Å²) in [4.78, 5) is 9.15. The van der Waals surface area contributed by atoms with Crippen LogP contribution in [0.15, 0.2) is 54.1 Å². The average Bonchev–Trinajstić information content (AvgIpc) is 3.04. The first-order valence-corrected chi connectivity index (χ1v) is 8.58. The minimum atomic E-state index is 0.293. The SMILES string of the molecule is CC(C)C(=C/N)/C=C(\N)Nc1ccc2ncc(C3=CCNN3C)cc2n1. The Balaban J connectivity index is 1.87. The van der Waals surface area contributed by atoms with Gasteiger partial charge in [-0.25, -0.2) is 10.4 Å². The summed E-state index contributed by atoms with van der Waals surface area (Å²) in [6, 6.07) is 5.82. The van der Waals surface area contributed by atoms with Crippen molar-refractivity contribution in [1.29, 1.82) is 0 Å². The smallest absolute Gasteiger partial charge is 0.132 e. The molecular formula is C19H25N7. The lowest BCUT2D eigenvalue weighted by molar-refractivity contribution is 0.392. The molecule has 136 valence electrons. The largest absolute Gasteiger partial charge is 0.404 e. The van der Waals surface area contributed by atoms with Crippen LogP contribution in [0.4, 0.5) is 5.82 Å². The lowest BCUT2D eigenvalue weighted by Gasteiger charge is -2.16. The molecular weight excluding hydrogens is 326 g/mol. The van der Waals surface area contributed by atoms with Crippen molar-refractivity contribution >= 4 is 22.5 Å². The second-order valence-corrected chi connectivity index (χ2v) is 6.52. The van der Waals surface area contributed by atoms with E-state index >= 15 is 0 Å². The summed E-state index contributed by atoms with van der Waals surface area (Å²) >= 11 is 0. The van der Waals surface area contributed by atoms with Crippen LogP contribution in [-0.4, -0.2) is 28.6 Å². The van der Waals surface area contributed by atoms with Gasteiger partial charge in [-0.05, 0) is 48.0 Å². The number of nitrogens with one attached hydrogen (secondary N) is 2. The fraction of sp³-hybridized carbons (Fsp3) is 0.263. The van der Waals surface area contributed by atoms with Gasteiger partial charge in [-0.2, -0.15) is 0 Å². The lowest BCUT2D eigenvalue weighted by atomic mass is 10.0. The average molecular weight is 351 g/mol. The van der Waals surface area contributed by atoms with Crippen LogP contribution < -0.4 is 22.2 Å². The highest BCUT2D eigenvalue weighted by Gasteiger charge is 2.13. The first-order chi connectivity index (χ1) is 12.5. The number of nitrogens with two attached hydrogens (primary N) is 2. The van der Waals surface area contributed by atoms with Crippen LogP contribution in [0.5, 0.6) is 0 Å². The third kappa shape index (κ3) is 3.78. The molecule has 3 rings (SSSR count). The van der Waals surface area contributed by atoms with Crippen molar-refractivity contribution in [3.63, 3.8) is 0 Å². The fourth-order valence-electron chi connectivity index (χ4n) is 2.80. The molecule has 2 aromatic heterocycles. The number of anilines is 1. The van der Waals surface area contributed by atoms with Crippen LogP contribution >= 0.6 is 0 Å². The van der Waals surface area contributed by atoms with Crippen LogP contribution in [0, 0.1) is 5.92 Å². The van der Waals surface area contributed by atoms with Crippen molar-refractivity contribution in [3.8, 4) is 0 Å². The van der Waals surface area contributed by atoms with Crippen molar-refractivity contribution in [2.45, 2.75) is 13.8 Å². The van der Waals surface area contributed by atoms with Crippen molar-refractivity contribution in [1.82, 2.24) is 20.4 Å².